The second-order valence-corrected chi connectivity index (χ2v) is 7.77. The van der Waals surface area contributed by atoms with Crippen LogP contribution in [0.4, 0.5) is 0 Å². The molecule has 24 heavy (non-hydrogen) atoms. The van der Waals surface area contributed by atoms with E-state index in [2.05, 4.69) is 31.3 Å². The number of rotatable bonds is 6. The first kappa shape index (κ1) is 20.9. The zero-order valence-corrected chi connectivity index (χ0v) is 16.2. The van der Waals surface area contributed by atoms with Gasteiger partial charge >= 0.3 is 0 Å². The van der Waals surface area contributed by atoms with Gasteiger partial charge in [-0.25, -0.2) is 0 Å². The zero-order chi connectivity index (χ0) is 17.3. The van der Waals surface area contributed by atoms with Crippen molar-refractivity contribution in [1.29, 1.82) is 0 Å². The summed E-state index contributed by atoms with van der Waals surface area (Å²) in [7, 11) is 0. The minimum absolute atomic E-state index is 0. The van der Waals surface area contributed by atoms with Crippen LogP contribution in [0.25, 0.3) is 0 Å². The normalized spacial score (nSPS) is 25.3. The summed E-state index contributed by atoms with van der Waals surface area (Å²) < 4.78 is 5.69. The molecule has 0 bridgehead atoms. The molecule has 1 saturated carbocycles. The molecule has 1 fully saturated rings. The summed E-state index contributed by atoms with van der Waals surface area (Å²) in [6.07, 6.45) is 0.621. The molecule has 1 aromatic carbocycles. The predicted molar refractivity (Wildman–Crippen MR) is 100 cm³/mol. The van der Waals surface area contributed by atoms with E-state index in [1.165, 1.54) is 5.56 Å². The molecular weight excluding hydrogens is 324 g/mol. The fraction of sp³-hybridized carbons (Fsp3) is 0.632. The summed E-state index contributed by atoms with van der Waals surface area (Å²) in [5.74, 6) is -0.0811. The molecule has 136 valence electrons. The summed E-state index contributed by atoms with van der Waals surface area (Å²) >= 11 is 0. The molecule has 0 spiro atoms. The van der Waals surface area contributed by atoms with Gasteiger partial charge in [0.05, 0.1) is 6.10 Å². The smallest absolute Gasteiger partial charge is 0.240 e. The summed E-state index contributed by atoms with van der Waals surface area (Å²) in [4.78, 5) is 12.7. The molecule has 4 nitrogen and oxygen atoms in total. The standard InChI is InChI=1S/C19H30N2O2.ClH/c1-6-23-15-12-19(20,18(15,4)5)16(22)21-13-17(2,3)14-10-8-7-9-11-14;/h7-11,15H,6,12-13,20H2,1-5H3,(H,21,22);1H. The molecule has 1 aromatic rings. The first-order chi connectivity index (χ1) is 10.6. The molecule has 1 aliphatic rings. The third-order valence-electron chi connectivity index (χ3n) is 5.48. The van der Waals surface area contributed by atoms with Crippen molar-refractivity contribution in [1.82, 2.24) is 5.32 Å². The first-order valence-electron chi connectivity index (χ1n) is 8.39. The van der Waals surface area contributed by atoms with Crippen molar-refractivity contribution in [3.8, 4) is 0 Å². The number of carbonyl (C=O) groups is 1. The monoisotopic (exact) mass is 354 g/mol. The maximum absolute atomic E-state index is 12.7. The Morgan fingerprint density at radius 1 is 1.33 bits per heavy atom. The topological polar surface area (TPSA) is 64.3 Å². The Bertz CT molecular complexity index is 560. The van der Waals surface area contributed by atoms with Crippen molar-refractivity contribution in [2.45, 2.75) is 58.1 Å². The number of hydrogen-bond donors (Lipinski definition) is 2. The maximum atomic E-state index is 12.7. The summed E-state index contributed by atoms with van der Waals surface area (Å²) in [6, 6.07) is 10.2. The van der Waals surface area contributed by atoms with Gasteiger partial charge in [0, 0.05) is 30.4 Å². The van der Waals surface area contributed by atoms with Gasteiger partial charge in [-0.2, -0.15) is 0 Å². The Morgan fingerprint density at radius 3 is 2.42 bits per heavy atom. The van der Waals surface area contributed by atoms with Crippen LogP contribution < -0.4 is 11.1 Å². The number of hydrogen-bond acceptors (Lipinski definition) is 3. The Labute approximate surface area is 151 Å². The SMILES string of the molecule is CCOC1CC(N)(C(=O)NCC(C)(C)c2ccccc2)C1(C)C.Cl. The van der Waals surface area contributed by atoms with Crippen molar-refractivity contribution >= 4 is 18.3 Å². The lowest BCUT2D eigenvalue weighted by atomic mass is 9.54. The molecule has 3 N–H and O–H groups in total. The predicted octanol–water partition coefficient (Wildman–Crippen LogP) is 3.03. The van der Waals surface area contributed by atoms with Crippen LogP contribution in [0.2, 0.25) is 0 Å². The van der Waals surface area contributed by atoms with E-state index in [1.807, 2.05) is 39.0 Å². The van der Waals surface area contributed by atoms with Crippen LogP contribution in [-0.4, -0.2) is 30.7 Å². The Balaban J connectivity index is 0.00000288. The molecule has 1 amide bonds. The Kier molecular flexibility index (Phi) is 6.48. The van der Waals surface area contributed by atoms with E-state index >= 15 is 0 Å². The van der Waals surface area contributed by atoms with Crippen LogP contribution in [-0.2, 0) is 14.9 Å². The van der Waals surface area contributed by atoms with Crippen molar-refractivity contribution in [3.63, 3.8) is 0 Å². The highest BCUT2D eigenvalue weighted by Gasteiger charge is 2.62. The van der Waals surface area contributed by atoms with E-state index in [0.29, 0.717) is 19.6 Å². The highest BCUT2D eigenvalue weighted by molar-refractivity contribution is 5.88. The van der Waals surface area contributed by atoms with E-state index in [0.717, 1.165) is 0 Å². The molecule has 0 radical (unpaired) electrons. The van der Waals surface area contributed by atoms with Crippen LogP contribution >= 0.6 is 12.4 Å². The largest absolute Gasteiger partial charge is 0.378 e. The lowest BCUT2D eigenvalue weighted by molar-refractivity contribution is -0.170. The number of nitrogens with two attached hydrogens (primary N) is 1. The molecule has 0 heterocycles. The van der Waals surface area contributed by atoms with Crippen LogP contribution in [0, 0.1) is 5.41 Å². The van der Waals surface area contributed by atoms with Gasteiger partial charge < -0.3 is 15.8 Å². The average Bonchev–Trinajstić information content (AvgIpc) is 2.53. The highest BCUT2D eigenvalue weighted by atomic mass is 35.5. The molecule has 0 aromatic heterocycles. The minimum Gasteiger partial charge on any atom is -0.378 e. The van der Waals surface area contributed by atoms with Gasteiger partial charge in [-0.1, -0.05) is 58.0 Å². The number of carbonyl (C=O) groups excluding carboxylic acids is 1. The summed E-state index contributed by atoms with van der Waals surface area (Å²) in [5, 5.41) is 3.06. The molecule has 1 aliphatic carbocycles. The van der Waals surface area contributed by atoms with Gasteiger partial charge in [0.1, 0.15) is 5.54 Å². The van der Waals surface area contributed by atoms with Gasteiger partial charge in [0.2, 0.25) is 5.91 Å². The van der Waals surface area contributed by atoms with E-state index < -0.39 is 5.54 Å². The lowest BCUT2D eigenvalue weighted by Crippen LogP contribution is -2.76. The molecule has 2 unspecified atom stereocenters. The third-order valence-corrected chi connectivity index (χ3v) is 5.48. The van der Waals surface area contributed by atoms with Crippen LogP contribution in [0.15, 0.2) is 30.3 Å². The number of benzene rings is 1. The Hall–Kier alpha value is -1.10. The van der Waals surface area contributed by atoms with E-state index in [9.17, 15) is 4.79 Å². The highest BCUT2D eigenvalue weighted by Crippen LogP contribution is 2.49. The number of amides is 1. The van der Waals surface area contributed by atoms with Gasteiger partial charge in [-0.05, 0) is 12.5 Å². The summed E-state index contributed by atoms with van der Waals surface area (Å²) in [5.41, 5.74) is 6.26. The van der Waals surface area contributed by atoms with E-state index in [4.69, 9.17) is 10.5 Å². The molecule has 5 heteroatoms. The maximum Gasteiger partial charge on any atom is 0.240 e. The first-order valence-corrected chi connectivity index (χ1v) is 8.39. The number of ether oxygens (including phenoxy) is 1. The third kappa shape index (κ3) is 3.61. The fourth-order valence-electron chi connectivity index (χ4n) is 3.27. The number of nitrogens with one attached hydrogen (secondary N) is 1. The lowest BCUT2D eigenvalue weighted by Gasteiger charge is -2.57. The summed E-state index contributed by atoms with van der Waals surface area (Å²) in [6.45, 7) is 11.4. The van der Waals surface area contributed by atoms with Gasteiger partial charge in [0.25, 0.3) is 0 Å². The van der Waals surface area contributed by atoms with E-state index in [1.54, 1.807) is 0 Å². The van der Waals surface area contributed by atoms with Crippen molar-refractivity contribution < 1.29 is 9.53 Å². The molecule has 2 rings (SSSR count). The van der Waals surface area contributed by atoms with Gasteiger partial charge in [-0.3, -0.25) is 4.79 Å². The average molecular weight is 355 g/mol. The number of halogens is 1. The second kappa shape index (κ2) is 7.42. The molecule has 2 atom stereocenters. The van der Waals surface area contributed by atoms with Crippen LogP contribution in [0.5, 0.6) is 0 Å². The van der Waals surface area contributed by atoms with Gasteiger partial charge in [-0.15, -0.1) is 12.4 Å². The zero-order valence-electron chi connectivity index (χ0n) is 15.4. The van der Waals surface area contributed by atoms with Crippen molar-refractivity contribution in [2.75, 3.05) is 13.2 Å². The quantitative estimate of drug-likeness (QED) is 0.825. The van der Waals surface area contributed by atoms with Crippen LogP contribution in [0.3, 0.4) is 0 Å². The van der Waals surface area contributed by atoms with Crippen molar-refractivity contribution in [2.24, 2.45) is 11.1 Å². The molecule has 0 saturated heterocycles. The van der Waals surface area contributed by atoms with E-state index in [-0.39, 0.29) is 35.2 Å². The van der Waals surface area contributed by atoms with Crippen molar-refractivity contribution in [3.05, 3.63) is 35.9 Å². The van der Waals surface area contributed by atoms with Crippen LogP contribution in [0.1, 0.15) is 46.6 Å². The fourth-order valence-corrected chi connectivity index (χ4v) is 3.27. The van der Waals surface area contributed by atoms with Gasteiger partial charge in [0.15, 0.2) is 0 Å². The molecular formula is C19H31ClN2O2. The second-order valence-electron chi connectivity index (χ2n) is 7.77. The minimum atomic E-state index is -0.862. The molecule has 0 aliphatic heterocycles. The Morgan fingerprint density at radius 2 is 1.92 bits per heavy atom.